The van der Waals surface area contributed by atoms with Crippen LogP contribution in [0.1, 0.15) is 48.1 Å². The number of halogens is 3. The Morgan fingerprint density at radius 3 is 2.32 bits per heavy atom. The highest BCUT2D eigenvalue weighted by atomic mass is 19.4. The predicted octanol–water partition coefficient (Wildman–Crippen LogP) is 4.46. The summed E-state index contributed by atoms with van der Waals surface area (Å²) in [4.78, 5) is 12.6. The number of nitrogens with zero attached hydrogens (tertiary/aromatic N) is 3. The zero-order valence-corrected chi connectivity index (χ0v) is 16.3. The van der Waals surface area contributed by atoms with Gasteiger partial charge >= 0.3 is 6.18 Å². The summed E-state index contributed by atoms with van der Waals surface area (Å²) in [6.45, 7) is 7.07. The van der Waals surface area contributed by atoms with Gasteiger partial charge in [0.25, 0.3) is 5.91 Å². The number of aromatic nitrogens is 2. The standard InChI is InChI=1S/C20H21F3N4O/c1-12-9-16(26-27(12)5)18(28)25-17(19(2,3)4)15(11-24)13-7-6-8-14(10-13)20(21,22)23/h6-10H,1-5H3,(H,25,28). The maximum atomic E-state index is 13.1. The van der Waals surface area contributed by atoms with Crippen LogP contribution in [0.5, 0.6) is 0 Å². The molecule has 0 bridgehead atoms. The number of nitriles is 1. The summed E-state index contributed by atoms with van der Waals surface area (Å²) in [5.74, 6) is -0.534. The third kappa shape index (κ3) is 4.60. The highest BCUT2D eigenvalue weighted by molar-refractivity contribution is 5.95. The highest BCUT2D eigenvalue weighted by Crippen LogP contribution is 2.34. The number of hydrogen-bond donors (Lipinski definition) is 1. The molecule has 0 saturated carbocycles. The molecule has 1 heterocycles. The summed E-state index contributed by atoms with van der Waals surface area (Å²) in [6, 6.07) is 8.03. The Morgan fingerprint density at radius 2 is 1.86 bits per heavy atom. The first-order valence-electron chi connectivity index (χ1n) is 8.49. The van der Waals surface area contributed by atoms with Crippen LogP contribution in [0.15, 0.2) is 36.0 Å². The quantitative estimate of drug-likeness (QED) is 0.787. The van der Waals surface area contributed by atoms with Crippen LogP contribution >= 0.6 is 0 Å². The second-order valence-electron chi connectivity index (χ2n) is 7.44. The third-order valence-corrected chi connectivity index (χ3v) is 4.18. The zero-order valence-electron chi connectivity index (χ0n) is 16.3. The van der Waals surface area contributed by atoms with E-state index >= 15 is 0 Å². The molecule has 0 radical (unpaired) electrons. The molecule has 1 amide bonds. The molecule has 0 aliphatic rings. The van der Waals surface area contributed by atoms with Crippen molar-refractivity contribution in [2.75, 3.05) is 0 Å². The SMILES string of the molecule is Cc1cc(C(=O)NC(=C(C#N)c2cccc(C(F)(F)F)c2)C(C)(C)C)nn1C. The van der Waals surface area contributed by atoms with Crippen LogP contribution in [0, 0.1) is 23.7 Å². The van der Waals surface area contributed by atoms with Crippen LogP contribution < -0.4 is 5.32 Å². The molecule has 0 atom stereocenters. The van der Waals surface area contributed by atoms with Gasteiger partial charge in [-0.25, -0.2) is 0 Å². The number of carbonyl (C=O) groups is 1. The topological polar surface area (TPSA) is 70.7 Å². The molecule has 8 heteroatoms. The summed E-state index contributed by atoms with van der Waals surface area (Å²) in [6.07, 6.45) is -4.53. The van der Waals surface area contributed by atoms with Gasteiger partial charge in [-0.2, -0.15) is 23.5 Å². The molecular weight excluding hydrogens is 369 g/mol. The Balaban J connectivity index is 2.57. The van der Waals surface area contributed by atoms with Crippen LogP contribution in [-0.2, 0) is 13.2 Å². The normalized spacial score (nSPS) is 13.0. The predicted molar refractivity (Wildman–Crippen MR) is 98.8 cm³/mol. The van der Waals surface area contributed by atoms with Gasteiger partial charge in [0.2, 0.25) is 0 Å². The molecule has 2 rings (SSSR count). The van der Waals surface area contributed by atoms with Crippen molar-refractivity contribution in [3.8, 4) is 6.07 Å². The van der Waals surface area contributed by atoms with Crippen molar-refractivity contribution in [2.24, 2.45) is 12.5 Å². The minimum atomic E-state index is -4.53. The Kier molecular flexibility index (Phi) is 5.69. The van der Waals surface area contributed by atoms with E-state index in [1.807, 2.05) is 6.07 Å². The number of amides is 1. The fraction of sp³-hybridized carbons (Fsp3) is 0.350. The monoisotopic (exact) mass is 390 g/mol. The Bertz CT molecular complexity index is 953. The van der Waals surface area contributed by atoms with E-state index in [4.69, 9.17) is 0 Å². The number of aryl methyl sites for hydroxylation is 2. The average Bonchev–Trinajstić information content (AvgIpc) is 2.92. The van der Waals surface area contributed by atoms with E-state index in [0.717, 1.165) is 17.8 Å². The number of rotatable bonds is 3. The first kappa shape index (κ1) is 21.2. The summed E-state index contributed by atoms with van der Waals surface area (Å²) in [5, 5.41) is 16.5. The van der Waals surface area contributed by atoms with E-state index in [2.05, 4.69) is 10.4 Å². The Morgan fingerprint density at radius 1 is 1.21 bits per heavy atom. The lowest BCUT2D eigenvalue weighted by Crippen LogP contribution is -2.31. The maximum absolute atomic E-state index is 13.1. The molecule has 5 nitrogen and oxygen atoms in total. The minimum Gasteiger partial charge on any atom is -0.322 e. The van der Waals surface area contributed by atoms with Crippen molar-refractivity contribution in [2.45, 2.75) is 33.9 Å². The molecule has 1 N–H and O–H groups in total. The Hall–Kier alpha value is -3.08. The smallest absolute Gasteiger partial charge is 0.322 e. The van der Waals surface area contributed by atoms with Crippen molar-refractivity contribution in [1.29, 1.82) is 5.26 Å². The molecule has 0 spiro atoms. The second kappa shape index (κ2) is 7.50. The fourth-order valence-electron chi connectivity index (χ4n) is 2.59. The third-order valence-electron chi connectivity index (χ3n) is 4.18. The molecule has 28 heavy (non-hydrogen) atoms. The molecule has 0 fully saturated rings. The van der Waals surface area contributed by atoms with Crippen molar-refractivity contribution in [3.63, 3.8) is 0 Å². The van der Waals surface area contributed by atoms with Gasteiger partial charge in [0.15, 0.2) is 5.69 Å². The summed E-state index contributed by atoms with van der Waals surface area (Å²) in [5.41, 5.74) is -0.369. The van der Waals surface area contributed by atoms with Crippen molar-refractivity contribution in [1.82, 2.24) is 15.1 Å². The van der Waals surface area contributed by atoms with Crippen molar-refractivity contribution >= 4 is 11.5 Å². The fourth-order valence-corrected chi connectivity index (χ4v) is 2.59. The van der Waals surface area contributed by atoms with Crippen LogP contribution in [0.3, 0.4) is 0 Å². The summed E-state index contributed by atoms with van der Waals surface area (Å²) >= 11 is 0. The van der Waals surface area contributed by atoms with Crippen LogP contribution in [0.25, 0.3) is 5.57 Å². The average molecular weight is 390 g/mol. The van der Waals surface area contributed by atoms with Gasteiger partial charge in [0, 0.05) is 23.9 Å². The Labute approximate surface area is 161 Å². The molecule has 0 aliphatic carbocycles. The molecule has 0 saturated heterocycles. The highest BCUT2D eigenvalue weighted by Gasteiger charge is 2.32. The molecule has 148 valence electrons. The number of nitrogens with one attached hydrogen (secondary N) is 1. The number of allylic oxidation sites excluding steroid dienone is 2. The summed E-state index contributed by atoms with van der Waals surface area (Å²) < 4.78 is 40.7. The number of carbonyl (C=O) groups excluding carboxylic acids is 1. The molecule has 1 aromatic carbocycles. The first-order valence-corrected chi connectivity index (χ1v) is 8.49. The number of benzene rings is 1. The van der Waals surface area contributed by atoms with Crippen molar-refractivity contribution in [3.05, 3.63) is 58.5 Å². The lowest BCUT2D eigenvalue weighted by molar-refractivity contribution is -0.137. The maximum Gasteiger partial charge on any atom is 0.416 e. The minimum absolute atomic E-state index is 0.0281. The van der Waals surface area contributed by atoms with Crippen LogP contribution in [0.4, 0.5) is 13.2 Å². The van der Waals surface area contributed by atoms with E-state index in [1.165, 1.54) is 16.8 Å². The first-order chi connectivity index (χ1) is 12.8. The van der Waals surface area contributed by atoms with Gasteiger partial charge < -0.3 is 5.32 Å². The van der Waals surface area contributed by atoms with Crippen molar-refractivity contribution < 1.29 is 18.0 Å². The van der Waals surface area contributed by atoms with E-state index in [0.29, 0.717) is 0 Å². The number of alkyl halides is 3. The zero-order chi connectivity index (χ0) is 21.3. The number of hydrogen-bond acceptors (Lipinski definition) is 3. The summed E-state index contributed by atoms with van der Waals surface area (Å²) in [7, 11) is 1.69. The molecule has 1 aromatic heterocycles. The largest absolute Gasteiger partial charge is 0.416 e. The van der Waals surface area contributed by atoms with Gasteiger partial charge in [-0.15, -0.1) is 0 Å². The lowest BCUT2D eigenvalue weighted by atomic mass is 9.86. The van der Waals surface area contributed by atoms with E-state index < -0.39 is 23.1 Å². The second-order valence-corrected chi connectivity index (χ2v) is 7.44. The van der Waals surface area contributed by atoms with Crippen LogP contribution in [-0.4, -0.2) is 15.7 Å². The van der Waals surface area contributed by atoms with E-state index in [1.54, 1.807) is 40.8 Å². The van der Waals surface area contributed by atoms with Gasteiger partial charge in [0.1, 0.15) is 6.07 Å². The van der Waals surface area contributed by atoms with Gasteiger partial charge in [-0.3, -0.25) is 9.48 Å². The van der Waals surface area contributed by atoms with Gasteiger partial charge in [-0.1, -0.05) is 32.9 Å². The van der Waals surface area contributed by atoms with E-state index in [9.17, 15) is 23.2 Å². The molecular formula is C20H21F3N4O. The van der Waals surface area contributed by atoms with Gasteiger partial charge in [-0.05, 0) is 30.7 Å². The molecule has 2 aromatic rings. The lowest BCUT2D eigenvalue weighted by Gasteiger charge is -2.25. The molecule has 0 unspecified atom stereocenters. The van der Waals surface area contributed by atoms with Crippen LogP contribution in [0.2, 0.25) is 0 Å². The van der Waals surface area contributed by atoms with Gasteiger partial charge in [0.05, 0.1) is 11.1 Å². The van der Waals surface area contributed by atoms with E-state index in [-0.39, 0.29) is 22.5 Å². The molecule has 0 aliphatic heterocycles.